The highest BCUT2D eigenvalue weighted by molar-refractivity contribution is 5.98. The van der Waals surface area contributed by atoms with Crippen LogP contribution in [0.2, 0.25) is 0 Å². The summed E-state index contributed by atoms with van der Waals surface area (Å²) in [6.45, 7) is 0. The first kappa shape index (κ1) is 18.4. The molecule has 2 aromatic carbocycles. The van der Waals surface area contributed by atoms with Crippen molar-refractivity contribution in [1.82, 2.24) is 19.9 Å². The van der Waals surface area contributed by atoms with Crippen molar-refractivity contribution < 1.29 is 9.18 Å². The zero-order valence-corrected chi connectivity index (χ0v) is 15.6. The van der Waals surface area contributed by atoms with Crippen LogP contribution in [0.4, 0.5) is 10.2 Å². The molecule has 0 bridgehead atoms. The Balaban J connectivity index is 1.91. The summed E-state index contributed by atoms with van der Waals surface area (Å²) in [5.41, 5.74) is 10.0. The van der Waals surface area contributed by atoms with Gasteiger partial charge in [0.1, 0.15) is 11.5 Å². The molecule has 1 amide bonds. The largest absolute Gasteiger partial charge is 0.382 e. The monoisotopic (exact) mass is 387 g/mol. The molecule has 0 aliphatic rings. The smallest absolute Gasteiger partial charge is 0.244 e. The van der Waals surface area contributed by atoms with Gasteiger partial charge >= 0.3 is 0 Å². The van der Waals surface area contributed by atoms with Gasteiger partial charge in [-0.3, -0.25) is 4.79 Å². The molecule has 6 nitrogen and oxygen atoms in total. The van der Waals surface area contributed by atoms with Gasteiger partial charge in [0.2, 0.25) is 5.91 Å². The minimum Gasteiger partial charge on any atom is -0.382 e. The second-order valence-electron chi connectivity index (χ2n) is 6.38. The SMILES string of the molecule is CNC(=O)/C=C(/c1ccccc1)c1ccc2nc(N)c(-c3ccc(F)cc3)n2n1. The highest BCUT2D eigenvalue weighted by atomic mass is 19.1. The van der Waals surface area contributed by atoms with Gasteiger partial charge < -0.3 is 11.1 Å². The normalized spacial score (nSPS) is 11.6. The number of likely N-dealkylation sites (N-methyl/N-ethyl adjacent to an activating group) is 1. The number of hydrogen-bond acceptors (Lipinski definition) is 4. The molecule has 4 aromatic rings. The van der Waals surface area contributed by atoms with Crippen LogP contribution >= 0.6 is 0 Å². The third-order valence-electron chi connectivity index (χ3n) is 4.50. The molecule has 29 heavy (non-hydrogen) atoms. The Morgan fingerprint density at radius 1 is 1.07 bits per heavy atom. The van der Waals surface area contributed by atoms with E-state index in [0.717, 1.165) is 5.56 Å². The van der Waals surface area contributed by atoms with Crippen LogP contribution in [0.3, 0.4) is 0 Å². The van der Waals surface area contributed by atoms with Crippen LogP contribution in [0.1, 0.15) is 11.3 Å². The Kier molecular flexibility index (Phi) is 4.78. The Hall–Kier alpha value is -4.00. The van der Waals surface area contributed by atoms with Gasteiger partial charge in [-0.15, -0.1) is 0 Å². The summed E-state index contributed by atoms with van der Waals surface area (Å²) in [4.78, 5) is 16.4. The van der Waals surface area contributed by atoms with E-state index < -0.39 is 0 Å². The fourth-order valence-corrected chi connectivity index (χ4v) is 3.10. The molecule has 0 saturated heterocycles. The van der Waals surface area contributed by atoms with Gasteiger partial charge in [-0.05, 0) is 42.0 Å². The van der Waals surface area contributed by atoms with Crippen LogP contribution < -0.4 is 11.1 Å². The van der Waals surface area contributed by atoms with Crippen LogP contribution in [0.5, 0.6) is 0 Å². The van der Waals surface area contributed by atoms with Gasteiger partial charge in [-0.25, -0.2) is 13.9 Å². The zero-order chi connectivity index (χ0) is 20.4. The molecule has 2 heterocycles. The number of hydrogen-bond donors (Lipinski definition) is 2. The maximum absolute atomic E-state index is 13.3. The number of nitrogens with one attached hydrogen (secondary N) is 1. The van der Waals surface area contributed by atoms with E-state index in [-0.39, 0.29) is 17.5 Å². The molecule has 3 N–H and O–H groups in total. The van der Waals surface area contributed by atoms with Gasteiger partial charge in [0.15, 0.2) is 11.5 Å². The molecule has 144 valence electrons. The highest BCUT2D eigenvalue weighted by Crippen LogP contribution is 2.28. The van der Waals surface area contributed by atoms with Gasteiger partial charge in [-0.1, -0.05) is 30.3 Å². The zero-order valence-electron chi connectivity index (χ0n) is 15.6. The molecule has 0 aliphatic carbocycles. The van der Waals surface area contributed by atoms with Gasteiger partial charge in [0.05, 0.1) is 5.69 Å². The van der Waals surface area contributed by atoms with Crippen LogP contribution in [-0.2, 0) is 4.79 Å². The van der Waals surface area contributed by atoms with Crippen molar-refractivity contribution in [1.29, 1.82) is 0 Å². The lowest BCUT2D eigenvalue weighted by atomic mass is 10.0. The van der Waals surface area contributed by atoms with E-state index in [9.17, 15) is 9.18 Å². The van der Waals surface area contributed by atoms with E-state index in [1.165, 1.54) is 18.2 Å². The molecular weight excluding hydrogens is 369 g/mol. The summed E-state index contributed by atoms with van der Waals surface area (Å²) in [6, 6.07) is 19.1. The Labute approximate surface area is 166 Å². The number of nitrogens with two attached hydrogens (primary N) is 1. The van der Waals surface area contributed by atoms with E-state index in [4.69, 9.17) is 10.8 Å². The van der Waals surface area contributed by atoms with Crippen molar-refractivity contribution in [3.05, 3.63) is 89.9 Å². The predicted molar refractivity (Wildman–Crippen MR) is 110 cm³/mol. The second-order valence-corrected chi connectivity index (χ2v) is 6.38. The number of fused-ring (bicyclic) bond motifs is 1. The summed E-state index contributed by atoms with van der Waals surface area (Å²) >= 11 is 0. The molecular formula is C22H18FN5O. The Morgan fingerprint density at radius 3 is 2.48 bits per heavy atom. The summed E-state index contributed by atoms with van der Waals surface area (Å²) < 4.78 is 15.0. The highest BCUT2D eigenvalue weighted by Gasteiger charge is 2.16. The molecule has 0 aliphatic heterocycles. The van der Waals surface area contributed by atoms with Gasteiger partial charge in [-0.2, -0.15) is 5.10 Å². The number of benzene rings is 2. The van der Waals surface area contributed by atoms with E-state index >= 15 is 0 Å². The maximum Gasteiger partial charge on any atom is 0.244 e. The lowest BCUT2D eigenvalue weighted by molar-refractivity contribution is -0.116. The van der Waals surface area contributed by atoms with Crippen molar-refractivity contribution in [2.24, 2.45) is 0 Å². The van der Waals surface area contributed by atoms with E-state index in [2.05, 4.69) is 10.3 Å². The number of halogens is 1. The molecule has 0 radical (unpaired) electrons. The fourth-order valence-electron chi connectivity index (χ4n) is 3.10. The number of amides is 1. The van der Waals surface area contributed by atoms with Gasteiger partial charge in [0.25, 0.3) is 0 Å². The number of carbonyl (C=O) groups is 1. The third-order valence-corrected chi connectivity index (χ3v) is 4.50. The van der Waals surface area contributed by atoms with E-state index in [1.807, 2.05) is 30.3 Å². The average molecular weight is 387 g/mol. The molecule has 7 heteroatoms. The van der Waals surface area contributed by atoms with Crippen LogP contribution in [-0.4, -0.2) is 27.6 Å². The quantitative estimate of drug-likeness (QED) is 0.526. The molecule has 0 fully saturated rings. The Bertz CT molecular complexity index is 1210. The van der Waals surface area contributed by atoms with E-state index in [1.54, 1.807) is 35.8 Å². The number of anilines is 1. The number of carbonyl (C=O) groups excluding carboxylic acids is 1. The Morgan fingerprint density at radius 2 is 1.79 bits per heavy atom. The summed E-state index contributed by atoms with van der Waals surface area (Å²) in [6.07, 6.45) is 1.50. The molecule has 0 saturated carbocycles. The average Bonchev–Trinajstić information content (AvgIpc) is 3.08. The van der Waals surface area contributed by atoms with Crippen LogP contribution in [0, 0.1) is 5.82 Å². The second kappa shape index (κ2) is 7.55. The topological polar surface area (TPSA) is 85.3 Å². The first-order chi connectivity index (χ1) is 14.1. The van der Waals surface area contributed by atoms with E-state index in [0.29, 0.717) is 28.2 Å². The van der Waals surface area contributed by atoms with Crippen molar-refractivity contribution in [3.63, 3.8) is 0 Å². The van der Waals surface area contributed by atoms with Crippen LogP contribution in [0.25, 0.3) is 22.5 Å². The molecule has 4 rings (SSSR count). The predicted octanol–water partition coefficient (Wildman–Crippen LogP) is 3.30. The van der Waals surface area contributed by atoms with Crippen molar-refractivity contribution in [2.75, 3.05) is 12.8 Å². The lowest BCUT2D eigenvalue weighted by Gasteiger charge is -2.09. The summed E-state index contributed by atoms with van der Waals surface area (Å²) in [7, 11) is 1.57. The number of aromatic nitrogens is 3. The minimum atomic E-state index is -0.338. The van der Waals surface area contributed by atoms with Crippen molar-refractivity contribution >= 4 is 22.9 Å². The summed E-state index contributed by atoms with van der Waals surface area (Å²) in [5, 5.41) is 7.29. The van der Waals surface area contributed by atoms with Gasteiger partial charge in [0, 0.05) is 24.3 Å². The number of nitrogens with zero attached hydrogens (tertiary/aromatic N) is 3. The third kappa shape index (κ3) is 3.58. The van der Waals surface area contributed by atoms with Crippen molar-refractivity contribution in [3.8, 4) is 11.3 Å². The first-order valence-corrected chi connectivity index (χ1v) is 8.97. The maximum atomic E-state index is 13.3. The molecule has 0 atom stereocenters. The number of nitrogen functional groups attached to an aromatic ring is 1. The fraction of sp³-hybridized carbons (Fsp3) is 0.0455. The molecule has 0 unspecified atom stereocenters. The molecule has 2 aromatic heterocycles. The lowest BCUT2D eigenvalue weighted by Crippen LogP contribution is -2.15. The molecule has 0 spiro atoms. The first-order valence-electron chi connectivity index (χ1n) is 8.97. The number of imidazole rings is 1. The minimum absolute atomic E-state index is 0.241. The summed E-state index contributed by atoms with van der Waals surface area (Å²) in [5.74, 6) is -0.290. The van der Waals surface area contributed by atoms with Crippen LogP contribution in [0.15, 0.2) is 72.8 Å². The number of rotatable bonds is 4. The standard InChI is InChI=1S/C22H18FN5O/c1-25-20(29)13-17(14-5-3-2-4-6-14)18-11-12-19-26-22(24)21(28(19)27-18)15-7-9-16(23)10-8-15/h2-13H,24H2,1H3,(H,25,29)/b17-13-. The van der Waals surface area contributed by atoms with Crippen molar-refractivity contribution in [2.45, 2.75) is 0 Å².